The molecule has 1 heterocycles. The van der Waals surface area contributed by atoms with Gasteiger partial charge in [-0.1, -0.05) is 12.8 Å². The minimum atomic E-state index is -0.0127. The Hall–Kier alpha value is -1.59. The van der Waals surface area contributed by atoms with Gasteiger partial charge < -0.3 is 16.0 Å². The molecule has 1 aromatic carbocycles. The van der Waals surface area contributed by atoms with Crippen LogP contribution in [0.4, 0.5) is 5.69 Å². The fourth-order valence-electron chi connectivity index (χ4n) is 3.60. The first-order chi connectivity index (χ1) is 11.6. The maximum Gasteiger partial charge on any atom is 0.251 e. The highest BCUT2D eigenvalue weighted by Gasteiger charge is 2.22. The van der Waals surface area contributed by atoms with Crippen LogP contribution in [0.15, 0.2) is 18.2 Å². The Bertz CT molecular complexity index is 609. The zero-order valence-corrected chi connectivity index (χ0v) is 15.6. The van der Waals surface area contributed by atoms with E-state index in [-0.39, 0.29) is 30.1 Å². The van der Waals surface area contributed by atoms with E-state index in [0.717, 1.165) is 50.0 Å². The summed E-state index contributed by atoms with van der Waals surface area (Å²) < 4.78 is 0. The molecular formula is C19H28ClN3O2. The van der Waals surface area contributed by atoms with Gasteiger partial charge in [0.15, 0.2) is 0 Å². The van der Waals surface area contributed by atoms with Crippen molar-refractivity contribution in [2.75, 3.05) is 18.4 Å². The van der Waals surface area contributed by atoms with Gasteiger partial charge in [0.1, 0.15) is 0 Å². The molecule has 1 aliphatic heterocycles. The lowest BCUT2D eigenvalue weighted by Crippen LogP contribution is -2.34. The van der Waals surface area contributed by atoms with Gasteiger partial charge in [0, 0.05) is 23.2 Å². The van der Waals surface area contributed by atoms with E-state index >= 15 is 0 Å². The van der Waals surface area contributed by atoms with Crippen LogP contribution in [0.5, 0.6) is 0 Å². The highest BCUT2D eigenvalue weighted by Crippen LogP contribution is 2.21. The van der Waals surface area contributed by atoms with Gasteiger partial charge in [-0.25, -0.2) is 0 Å². The molecule has 2 fully saturated rings. The van der Waals surface area contributed by atoms with Gasteiger partial charge >= 0.3 is 0 Å². The number of amides is 2. The van der Waals surface area contributed by atoms with Crippen molar-refractivity contribution < 1.29 is 9.59 Å². The molecule has 0 bridgehead atoms. The second kappa shape index (κ2) is 9.20. The van der Waals surface area contributed by atoms with Crippen LogP contribution in [0.1, 0.15) is 54.4 Å². The number of nitrogens with one attached hydrogen (secondary N) is 3. The van der Waals surface area contributed by atoms with E-state index in [0.29, 0.717) is 11.6 Å². The van der Waals surface area contributed by atoms with Crippen LogP contribution in [0.3, 0.4) is 0 Å². The Labute approximate surface area is 155 Å². The number of benzene rings is 1. The summed E-state index contributed by atoms with van der Waals surface area (Å²) in [6.45, 7) is 3.74. The van der Waals surface area contributed by atoms with Crippen molar-refractivity contribution in [3.8, 4) is 0 Å². The summed E-state index contributed by atoms with van der Waals surface area (Å²) in [6.07, 6.45) is 6.32. The first-order valence-corrected chi connectivity index (χ1v) is 9.06. The topological polar surface area (TPSA) is 70.2 Å². The molecule has 3 rings (SSSR count). The SMILES string of the molecule is Cc1cc(C(=O)NC2CCCC2)ccc1NC(=O)C1CCNCC1.Cl. The summed E-state index contributed by atoms with van der Waals surface area (Å²) in [7, 11) is 0. The summed E-state index contributed by atoms with van der Waals surface area (Å²) in [4.78, 5) is 24.7. The van der Waals surface area contributed by atoms with Crippen molar-refractivity contribution in [3.63, 3.8) is 0 Å². The van der Waals surface area contributed by atoms with Crippen molar-refractivity contribution in [1.29, 1.82) is 0 Å². The molecular weight excluding hydrogens is 338 g/mol. The molecule has 1 saturated heterocycles. The lowest BCUT2D eigenvalue weighted by Gasteiger charge is -2.22. The van der Waals surface area contributed by atoms with Crippen molar-refractivity contribution in [1.82, 2.24) is 10.6 Å². The summed E-state index contributed by atoms with van der Waals surface area (Å²) in [5.74, 6) is 0.153. The third kappa shape index (κ3) is 5.19. The fraction of sp³-hybridized carbons (Fsp3) is 0.579. The summed E-state index contributed by atoms with van der Waals surface area (Å²) in [5.41, 5.74) is 2.39. The molecule has 2 aliphatic rings. The predicted octanol–water partition coefficient (Wildman–Crippen LogP) is 3.03. The second-order valence-electron chi connectivity index (χ2n) is 7.00. The van der Waals surface area contributed by atoms with E-state index in [9.17, 15) is 9.59 Å². The van der Waals surface area contributed by atoms with Crippen molar-refractivity contribution in [2.45, 2.75) is 51.5 Å². The van der Waals surface area contributed by atoms with E-state index in [1.807, 2.05) is 19.1 Å². The van der Waals surface area contributed by atoms with Gasteiger partial charge in [-0.3, -0.25) is 9.59 Å². The smallest absolute Gasteiger partial charge is 0.251 e. The molecule has 5 nitrogen and oxygen atoms in total. The Balaban J connectivity index is 0.00000225. The monoisotopic (exact) mass is 365 g/mol. The molecule has 25 heavy (non-hydrogen) atoms. The predicted molar refractivity (Wildman–Crippen MR) is 102 cm³/mol. The lowest BCUT2D eigenvalue weighted by atomic mass is 9.97. The maximum atomic E-state index is 12.4. The molecule has 1 saturated carbocycles. The number of piperidine rings is 1. The van der Waals surface area contributed by atoms with E-state index in [4.69, 9.17) is 0 Å². The third-order valence-corrected chi connectivity index (χ3v) is 5.15. The highest BCUT2D eigenvalue weighted by atomic mass is 35.5. The Kier molecular flexibility index (Phi) is 7.26. The van der Waals surface area contributed by atoms with Gasteiger partial charge in [0.05, 0.1) is 0 Å². The van der Waals surface area contributed by atoms with Crippen LogP contribution < -0.4 is 16.0 Å². The molecule has 0 aromatic heterocycles. The van der Waals surface area contributed by atoms with E-state index < -0.39 is 0 Å². The quantitative estimate of drug-likeness (QED) is 0.768. The highest BCUT2D eigenvalue weighted by molar-refractivity contribution is 5.97. The van der Waals surface area contributed by atoms with Gasteiger partial charge in [-0.05, 0) is 69.5 Å². The van der Waals surface area contributed by atoms with Gasteiger partial charge in [-0.15, -0.1) is 12.4 Å². The molecule has 1 aliphatic carbocycles. The maximum absolute atomic E-state index is 12.4. The van der Waals surface area contributed by atoms with Crippen molar-refractivity contribution >= 4 is 29.9 Å². The molecule has 1 aromatic rings. The van der Waals surface area contributed by atoms with Crippen LogP contribution in [-0.4, -0.2) is 30.9 Å². The molecule has 0 atom stereocenters. The van der Waals surface area contributed by atoms with Crippen LogP contribution in [0.2, 0.25) is 0 Å². The van der Waals surface area contributed by atoms with Crippen LogP contribution in [0.25, 0.3) is 0 Å². The van der Waals surface area contributed by atoms with E-state index in [1.54, 1.807) is 6.07 Å². The Morgan fingerprint density at radius 3 is 2.40 bits per heavy atom. The van der Waals surface area contributed by atoms with Crippen molar-refractivity contribution in [3.05, 3.63) is 29.3 Å². The summed E-state index contributed by atoms with van der Waals surface area (Å²) in [6, 6.07) is 5.83. The van der Waals surface area contributed by atoms with Gasteiger partial charge in [0.2, 0.25) is 5.91 Å². The zero-order valence-electron chi connectivity index (χ0n) is 14.8. The van der Waals surface area contributed by atoms with Crippen molar-refractivity contribution in [2.24, 2.45) is 5.92 Å². The standard InChI is InChI=1S/C19H27N3O2.ClH/c1-13-12-15(19(24)21-16-4-2-3-5-16)6-7-17(13)22-18(23)14-8-10-20-11-9-14;/h6-7,12,14,16,20H,2-5,8-11H2,1H3,(H,21,24)(H,22,23);1H. The Morgan fingerprint density at radius 1 is 1.08 bits per heavy atom. The number of anilines is 1. The second-order valence-corrected chi connectivity index (χ2v) is 7.00. The molecule has 6 heteroatoms. The fourth-order valence-corrected chi connectivity index (χ4v) is 3.60. The molecule has 3 N–H and O–H groups in total. The molecule has 138 valence electrons. The molecule has 0 radical (unpaired) electrons. The number of carbonyl (C=O) groups is 2. The number of halogens is 1. The van der Waals surface area contributed by atoms with Gasteiger partial charge in [0.25, 0.3) is 5.91 Å². The lowest BCUT2D eigenvalue weighted by molar-refractivity contribution is -0.120. The number of hydrogen-bond donors (Lipinski definition) is 3. The van der Waals surface area contributed by atoms with Crippen LogP contribution in [0, 0.1) is 12.8 Å². The minimum absolute atomic E-state index is 0. The third-order valence-electron chi connectivity index (χ3n) is 5.15. The van der Waals surface area contributed by atoms with E-state index in [2.05, 4.69) is 16.0 Å². The number of carbonyl (C=O) groups excluding carboxylic acids is 2. The number of hydrogen-bond acceptors (Lipinski definition) is 3. The minimum Gasteiger partial charge on any atom is -0.349 e. The normalized spacial score (nSPS) is 18.4. The first-order valence-electron chi connectivity index (χ1n) is 9.06. The van der Waals surface area contributed by atoms with Crippen LogP contribution >= 0.6 is 12.4 Å². The van der Waals surface area contributed by atoms with E-state index in [1.165, 1.54) is 12.8 Å². The zero-order chi connectivity index (χ0) is 16.9. The largest absolute Gasteiger partial charge is 0.349 e. The molecule has 2 amide bonds. The van der Waals surface area contributed by atoms with Crippen LogP contribution in [-0.2, 0) is 4.79 Å². The Morgan fingerprint density at radius 2 is 1.76 bits per heavy atom. The number of rotatable bonds is 4. The molecule has 0 spiro atoms. The number of aryl methyl sites for hydroxylation is 1. The first kappa shape index (κ1) is 19.7. The van der Waals surface area contributed by atoms with Gasteiger partial charge in [-0.2, -0.15) is 0 Å². The average molecular weight is 366 g/mol. The molecule has 0 unspecified atom stereocenters. The summed E-state index contributed by atoms with van der Waals surface area (Å²) >= 11 is 0. The summed E-state index contributed by atoms with van der Waals surface area (Å²) in [5, 5.41) is 9.39. The average Bonchev–Trinajstić information content (AvgIpc) is 3.10.